The highest BCUT2D eigenvalue weighted by atomic mass is 35.5. The molecule has 0 radical (unpaired) electrons. The van der Waals surface area contributed by atoms with Gasteiger partial charge in [-0.3, -0.25) is 0 Å². The van der Waals surface area contributed by atoms with Crippen molar-refractivity contribution in [2.24, 2.45) is 0 Å². The van der Waals surface area contributed by atoms with Gasteiger partial charge in [0.1, 0.15) is 0 Å². The Morgan fingerprint density at radius 3 is 2.89 bits per heavy atom. The van der Waals surface area contributed by atoms with Crippen LogP contribution >= 0.6 is 23.4 Å². The number of thioether (sulfide) groups is 1. The maximum absolute atomic E-state index is 10.4. The van der Waals surface area contributed by atoms with E-state index in [4.69, 9.17) is 16.3 Å². The minimum Gasteiger partial charge on any atom is -0.390 e. The second-order valence-electron chi connectivity index (χ2n) is 6.73. The van der Waals surface area contributed by atoms with Crippen LogP contribution in [0.2, 0.25) is 5.02 Å². The third-order valence-electron chi connectivity index (χ3n) is 4.72. The molecule has 2 atom stereocenters. The van der Waals surface area contributed by atoms with Gasteiger partial charge in [-0.05, 0) is 65.1 Å². The molecular formula is C20H21ClN4O2S. The number of hydrogen-bond acceptors (Lipinski definition) is 6. The number of tetrazole rings is 1. The normalized spacial score (nSPS) is 17.3. The van der Waals surface area contributed by atoms with Gasteiger partial charge in [-0.25, -0.2) is 0 Å². The highest BCUT2D eigenvalue weighted by Crippen LogP contribution is 2.32. The van der Waals surface area contributed by atoms with Gasteiger partial charge in [-0.15, -0.1) is 5.10 Å². The average Bonchev–Trinajstić information content (AvgIpc) is 3.20. The predicted octanol–water partition coefficient (Wildman–Crippen LogP) is 3.86. The predicted molar refractivity (Wildman–Crippen MR) is 109 cm³/mol. The summed E-state index contributed by atoms with van der Waals surface area (Å²) in [4.78, 5) is 0. The number of hydrogen-bond donors (Lipinski definition) is 1. The Morgan fingerprint density at radius 2 is 2.04 bits per heavy atom. The van der Waals surface area contributed by atoms with Gasteiger partial charge >= 0.3 is 0 Å². The zero-order valence-corrected chi connectivity index (χ0v) is 16.8. The molecular weight excluding hydrogens is 396 g/mol. The maximum atomic E-state index is 10.4. The molecule has 3 aromatic rings. The molecule has 28 heavy (non-hydrogen) atoms. The summed E-state index contributed by atoms with van der Waals surface area (Å²) in [6.45, 7) is 0.286. The molecule has 6 nitrogen and oxygen atoms in total. The smallest absolute Gasteiger partial charge is 0.214 e. The first-order chi connectivity index (χ1) is 13.7. The van der Waals surface area contributed by atoms with Crippen molar-refractivity contribution in [3.63, 3.8) is 0 Å². The number of nitrogens with zero attached hydrogens (tertiary/aromatic N) is 4. The van der Waals surface area contributed by atoms with Crippen LogP contribution in [0.4, 0.5) is 0 Å². The third kappa shape index (κ3) is 4.55. The first-order valence-corrected chi connectivity index (χ1v) is 10.6. The summed E-state index contributed by atoms with van der Waals surface area (Å²) in [7, 11) is 0. The minimum atomic E-state index is -0.602. The number of aryl methyl sites for hydroxylation is 1. The van der Waals surface area contributed by atoms with E-state index in [2.05, 4.69) is 33.7 Å². The van der Waals surface area contributed by atoms with Crippen LogP contribution in [-0.2, 0) is 11.2 Å². The van der Waals surface area contributed by atoms with Gasteiger partial charge in [-0.2, -0.15) is 4.68 Å². The molecule has 0 amide bonds. The molecule has 1 aromatic heterocycles. The first kappa shape index (κ1) is 19.4. The molecule has 1 heterocycles. The van der Waals surface area contributed by atoms with Gasteiger partial charge in [0.2, 0.25) is 5.16 Å². The van der Waals surface area contributed by atoms with Gasteiger partial charge in [0, 0.05) is 10.8 Å². The van der Waals surface area contributed by atoms with Crippen molar-refractivity contribution in [1.29, 1.82) is 0 Å². The number of aliphatic hydroxyl groups excluding tert-OH is 1. The molecule has 0 fully saturated rings. The minimum absolute atomic E-state index is 0.0592. The number of halogens is 1. The van der Waals surface area contributed by atoms with E-state index >= 15 is 0 Å². The summed E-state index contributed by atoms with van der Waals surface area (Å²) in [6.07, 6.45) is 2.66. The van der Waals surface area contributed by atoms with Crippen LogP contribution in [0.15, 0.2) is 53.7 Å². The number of benzene rings is 2. The fraction of sp³-hybridized carbons (Fsp3) is 0.350. The SMILES string of the molecule is O[C@@H](CO[C@@H]1CCCc2ccccc21)CSc1nnnn1-c1ccc(Cl)cc1. The van der Waals surface area contributed by atoms with Crippen molar-refractivity contribution in [3.8, 4) is 5.69 Å². The fourth-order valence-corrected chi connectivity index (χ4v) is 4.26. The Morgan fingerprint density at radius 1 is 1.21 bits per heavy atom. The molecule has 0 bridgehead atoms. The molecule has 1 N–H and O–H groups in total. The Kier molecular flexibility index (Phi) is 6.26. The summed E-state index contributed by atoms with van der Waals surface area (Å²) in [5.41, 5.74) is 3.42. The van der Waals surface area contributed by atoms with Crippen molar-refractivity contribution in [1.82, 2.24) is 20.2 Å². The van der Waals surface area contributed by atoms with Gasteiger partial charge in [0.25, 0.3) is 0 Å². The van der Waals surface area contributed by atoms with E-state index < -0.39 is 6.10 Å². The Bertz CT molecular complexity index is 919. The lowest BCUT2D eigenvalue weighted by atomic mass is 9.89. The Balaban J connectivity index is 1.32. The largest absolute Gasteiger partial charge is 0.390 e. The van der Waals surface area contributed by atoms with Crippen LogP contribution in [0.5, 0.6) is 0 Å². The maximum Gasteiger partial charge on any atom is 0.214 e. The van der Waals surface area contributed by atoms with Gasteiger partial charge < -0.3 is 9.84 Å². The van der Waals surface area contributed by atoms with Crippen LogP contribution in [0, 0.1) is 0 Å². The molecule has 1 aliphatic rings. The van der Waals surface area contributed by atoms with Crippen molar-refractivity contribution >= 4 is 23.4 Å². The number of ether oxygens (including phenoxy) is 1. The molecule has 4 rings (SSSR count). The summed E-state index contributed by atoms with van der Waals surface area (Å²) in [6, 6.07) is 15.7. The summed E-state index contributed by atoms with van der Waals surface area (Å²) in [5, 5.41) is 23.5. The summed E-state index contributed by atoms with van der Waals surface area (Å²) in [5.74, 6) is 0.447. The third-order valence-corrected chi connectivity index (χ3v) is 6.04. The molecule has 0 aliphatic heterocycles. The van der Waals surface area contributed by atoms with Gasteiger partial charge in [0.15, 0.2) is 0 Å². The molecule has 0 unspecified atom stereocenters. The number of rotatable bonds is 7. The molecule has 8 heteroatoms. The molecule has 0 saturated carbocycles. The second-order valence-corrected chi connectivity index (χ2v) is 8.15. The molecule has 0 saturated heterocycles. The van der Waals surface area contributed by atoms with E-state index in [9.17, 15) is 5.11 Å². The highest BCUT2D eigenvalue weighted by molar-refractivity contribution is 7.99. The van der Waals surface area contributed by atoms with Crippen LogP contribution in [0.1, 0.15) is 30.1 Å². The molecule has 146 valence electrons. The summed E-state index contributed by atoms with van der Waals surface area (Å²) < 4.78 is 7.66. The van der Waals surface area contributed by atoms with Crippen LogP contribution in [0.25, 0.3) is 5.69 Å². The standard InChI is InChI=1S/C20H21ClN4O2S/c21-15-8-10-16(11-9-15)25-20(22-23-24-25)28-13-17(26)12-27-19-7-3-5-14-4-1-2-6-18(14)19/h1-2,4,6,8-11,17,19,26H,3,5,7,12-13H2/t17-,19+/m0/s1. The quantitative estimate of drug-likeness (QED) is 0.589. The fourth-order valence-electron chi connectivity index (χ4n) is 3.34. The molecule has 1 aliphatic carbocycles. The molecule has 2 aromatic carbocycles. The molecule has 0 spiro atoms. The van der Waals surface area contributed by atoms with Crippen LogP contribution < -0.4 is 0 Å². The topological polar surface area (TPSA) is 73.1 Å². The number of aliphatic hydroxyl groups is 1. The number of fused-ring (bicyclic) bond motifs is 1. The lowest BCUT2D eigenvalue weighted by Crippen LogP contribution is -2.22. The van der Waals surface area contributed by atoms with E-state index in [0.29, 0.717) is 15.9 Å². The van der Waals surface area contributed by atoms with E-state index in [1.165, 1.54) is 22.9 Å². The first-order valence-electron chi connectivity index (χ1n) is 9.25. The van der Waals surface area contributed by atoms with E-state index in [1.807, 2.05) is 18.2 Å². The zero-order valence-electron chi connectivity index (χ0n) is 15.2. The highest BCUT2D eigenvalue weighted by Gasteiger charge is 2.21. The zero-order chi connectivity index (χ0) is 19.3. The Labute approximate surface area is 172 Å². The van der Waals surface area contributed by atoms with Crippen molar-refractivity contribution in [3.05, 3.63) is 64.7 Å². The second kappa shape index (κ2) is 9.05. The van der Waals surface area contributed by atoms with E-state index in [-0.39, 0.29) is 12.7 Å². The average molecular weight is 417 g/mol. The monoisotopic (exact) mass is 416 g/mol. The van der Waals surface area contributed by atoms with Crippen molar-refractivity contribution in [2.45, 2.75) is 36.6 Å². The van der Waals surface area contributed by atoms with E-state index in [1.54, 1.807) is 16.8 Å². The number of aromatic nitrogens is 4. The summed E-state index contributed by atoms with van der Waals surface area (Å²) >= 11 is 7.33. The Hall–Kier alpha value is -1.93. The van der Waals surface area contributed by atoms with Crippen LogP contribution in [0.3, 0.4) is 0 Å². The van der Waals surface area contributed by atoms with Crippen LogP contribution in [-0.4, -0.2) is 43.8 Å². The lowest BCUT2D eigenvalue weighted by molar-refractivity contribution is -0.00960. The van der Waals surface area contributed by atoms with Gasteiger partial charge in [0.05, 0.1) is 24.5 Å². The van der Waals surface area contributed by atoms with E-state index in [0.717, 1.165) is 24.9 Å². The van der Waals surface area contributed by atoms with Crippen molar-refractivity contribution < 1.29 is 9.84 Å². The lowest BCUT2D eigenvalue weighted by Gasteiger charge is -2.26. The van der Waals surface area contributed by atoms with Gasteiger partial charge in [-0.1, -0.05) is 47.6 Å². The van der Waals surface area contributed by atoms with Crippen molar-refractivity contribution in [2.75, 3.05) is 12.4 Å².